The van der Waals surface area contributed by atoms with Gasteiger partial charge in [-0.25, -0.2) is 9.37 Å². The van der Waals surface area contributed by atoms with Crippen LogP contribution in [0.1, 0.15) is 10.4 Å². The minimum Gasteiger partial charge on any atom is -0.398 e. The fourth-order valence-electron chi connectivity index (χ4n) is 1.55. The molecule has 4 nitrogen and oxygen atoms in total. The SMILES string of the molecule is CN(C(=O)c1cc(F)ccc1N)c1ccccn1. The molecule has 2 aromatic rings. The van der Waals surface area contributed by atoms with Gasteiger partial charge in [0.2, 0.25) is 0 Å². The molecule has 5 heteroatoms. The van der Waals surface area contributed by atoms with E-state index >= 15 is 0 Å². The molecule has 1 aromatic carbocycles. The largest absolute Gasteiger partial charge is 0.398 e. The first-order valence-electron chi connectivity index (χ1n) is 5.33. The topological polar surface area (TPSA) is 59.2 Å². The molecule has 0 fully saturated rings. The number of amides is 1. The van der Waals surface area contributed by atoms with E-state index in [9.17, 15) is 9.18 Å². The summed E-state index contributed by atoms with van der Waals surface area (Å²) in [5.41, 5.74) is 6.04. The zero-order chi connectivity index (χ0) is 13.1. The normalized spacial score (nSPS) is 10.1. The van der Waals surface area contributed by atoms with E-state index in [1.807, 2.05) is 0 Å². The van der Waals surface area contributed by atoms with Crippen molar-refractivity contribution < 1.29 is 9.18 Å². The fraction of sp³-hybridized carbons (Fsp3) is 0.0769. The Labute approximate surface area is 104 Å². The standard InChI is InChI=1S/C13H12FN3O/c1-17(12-4-2-3-7-16-12)13(18)10-8-9(14)5-6-11(10)15/h2-8H,15H2,1H3. The van der Waals surface area contributed by atoms with Crippen molar-refractivity contribution in [2.75, 3.05) is 17.7 Å². The first-order valence-corrected chi connectivity index (χ1v) is 5.33. The molecule has 0 aliphatic carbocycles. The molecular formula is C13H12FN3O. The third-order valence-electron chi connectivity index (χ3n) is 2.54. The van der Waals surface area contributed by atoms with Gasteiger partial charge in [-0.3, -0.25) is 9.69 Å². The molecular weight excluding hydrogens is 233 g/mol. The number of carbonyl (C=O) groups is 1. The molecule has 0 aliphatic heterocycles. The summed E-state index contributed by atoms with van der Waals surface area (Å²) in [6, 6.07) is 8.91. The van der Waals surface area contributed by atoms with Gasteiger partial charge < -0.3 is 5.73 Å². The van der Waals surface area contributed by atoms with Gasteiger partial charge in [0, 0.05) is 18.9 Å². The molecule has 1 heterocycles. The number of aromatic nitrogens is 1. The third-order valence-corrected chi connectivity index (χ3v) is 2.54. The summed E-state index contributed by atoms with van der Waals surface area (Å²) in [6.07, 6.45) is 1.58. The number of halogens is 1. The summed E-state index contributed by atoms with van der Waals surface area (Å²) in [7, 11) is 1.56. The van der Waals surface area contributed by atoms with Crippen LogP contribution < -0.4 is 10.6 Å². The number of pyridine rings is 1. The van der Waals surface area contributed by atoms with Crippen molar-refractivity contribution >= 4 is 17.4 Å². The Morgan fingerprint density at radius 1 is 1.33 bits per heavy atom. The van der Waals surface area contributed by atoms with Crippen LogP contribution >= 0.6 is 0 Å². The average molecular weight is 245 g/mol. The van der Waals surface area contributed by atoms with E-state index in [0.29, 0.717) is 5.82 Å². The highest BCUT2D eigenvalue weighted by atomic mass is 19.1. The van der Waals surface area contributed by atoms with E-state index in [0.717, 1.165) is 6.07 Å². The monoisotopic (exact) mass is 245 g/mol. The molecule has 92 valence electrons. The number of benzene rings is 1. The number of nitrogens with two attached hydrogens (primary N) is 1. The van der Waals surface area contributed by atoms with Crippen LogP contribution in [-0.2, 0) is 0 Å². The maximum atomic E-state index is 13.1. The molecule has 0 spiro atoms. The predicted molar refractivity (Wildman–Crippen MR) is 67.8 cm³/mol. The second kappa shape index (κ2) is 4.83. The summed E-state index contributed by atoms with van der Waals surface area (Å²) in [5, 5.41) is 0. The maximum Gasteiger partial charge on any atom is 0.261 e. The second-order valence-electron chi connectivity index (χ2n) is 3.78. The van der Waals surface area contributed by atoms with Crippen LogP contribution in [0.25, 0.3) is 0 Å². The number of nitrogen functional groups attached to an aromatic ring is 1. The van der Waals surface area contributed by atoms with Gasteiger partial charge >= 0.3 is 0 Å². The van der Waals surface area contributed by atoms with E-state index in [-0.39, 0.29) is 11.3 Å². The van der Waals surface area contributed by atoms with E-state index in [1.165, 1.54) is 17.0 Å². The van der Waals surface area contributed by atoms with Crippen LogP contribution in [0.3, 0.4) is 0 Å². The van der Waals surface area contributed by atoms with Crippen LogP contribution in [0.4, 0.5) is 15.9 Å². The van der Waals surface area contributed by atoms with Gasteiger partial charge in [0.05, 0.1) is 5.56 Å². The molecule has 0 saturated carbocycles. The first-order chi connectivity index (χ1) is 8.59. The average Bonchev–Trinajstić information content (AvgIpc) is 2.41. The van der Waals surface area contributed by atoms with E-state index in [1.54, 1.807) is 31.4 Å². The Morgan fingerprint density at radius 3 is 2.78 bits per heavy atom. The molecule has 0 unspecified atom stereocenters. The zero-order valence-electron chi connectivity index (χ0n) is 9.80. The van der Waals surface area contributed by atoms with E-state index < -0.39 is 11.7 Å². The molecule has 2 N–H and O–H groups in total. The number of nitrogens with zero attached hydrogens (tertiary/aromatic N) is 2. The van der Waals surface area contributed by atoms with Gasteiger partial charge in [-0.05, 0) is 30.3 Å². The minimum absolute atomic E-state index is 0.128. The van der Waals surface area contributed by atoms with Crippen molar-refractivity contribution in [1.82, 2.24) is 4.98 Å². The maximum absolute atomic E-state index is 13.1. The predicted octanol–water partition coefficient (Wildman–Crippen LogP) is 2.08. The lowest BCUT2D eigenvalue weighted by atomic mass is 10.1. The smallest absolute Gasteiger partial charge is 0.261 e. The Balaban J connectivity index is 2.34. The molecule has 0 aliphatic rings. The molecule has 0 saturated heterocycles. The number of hydrogen-bond acceptors (Lipinski definition) is 3. The summed E-state index contributed by atoms with van der Waals surface area (Å²) >= 11 is 0. The van der Waals surface area contributed by atoms with Crippen molar-refractivity contribution in [3.63, 3.8) is 0 Å². The second-order valence-corrected chi connectivity index (χ2v) is 3.78. The summed E-state index contributed by atoms with van der Waals surface area (Å²) in [5.74, 6) is -0.418. The Kier molecular flexibility index (Phi) is 3.23. The Morgan fingerprint density at radius 2 is 2.11 bits per heavy atom. The molecule has 0 atom stereocenters. The Hall–Kier alpha value is -2.43. The lowest BCUT2D eigenvalue weighted by molar-refractivity contribution is 0.0992. The molecule has 1 aromatic heterocycles. The summed E-state index contributed by atoms with van der Waals surface area (Å²) in [6.45, 7) is 0. The number of rotatable bonds is 2. The molecule has 2 rings (SSSR count). The quantitative estimate of drug-likeness (QED) is 0.824. The van der Waals surface area contributed by atoms with Gasteiger partial charge in [-0.15, -0.1) is 0 Å². The molecule has 18 heavy (non-hydrogen) atoms. The van der Waals surface area contributed by atoms with E-state index in [2.05, 4.69) is 4.98 Å². The molecule has 0 bridgehead atoms. The van der Waals surface area contributed by atoms with Crippen molar-refractivity contribution in [3.8, 4) is 0 Å². The molecule has 1 amide bonds. The van der Waals surface area contributed by atoms with Crippen molar-refractivity contribution in [2.24, 2.45) is 0 Å². The number of carbonyl (C=O) groups excluding carboxylic acids is 1. The lowest BCUT2D eigenvalue weighted by Gasteiger charge is -2.17. The third kappa shape index (κ3) is 2.29. The van der Waals surface area contributed by atoms with Crippen molar-refractivity contribution in [1.29, 1.82) is 0 Å². The fourth-order valence-corrected chi connectivity index (χ4v) is 1.55. The van der Waals surface area contributed by atoms with Crippen LogP contribution in [-0.4, -0.2) is 17.9 Å². The van der Waals surface area contributed by atoms with Gasteiger partial charge in [0.15, 0.2) is 0 Å². The van der Waals surface area contributed by atoms with Gasteiger partial charge in [-0.2, -0.15) is 0 Å². The van der Waals surface area contributed by atoms with Crippen molar-refractivity contribution in [2.45, 2.75) is 0 Å². The lowest BCUT2D eigenvalue weighted by Crippen LogP contribution is -2.27. The Bertz CT molecular complexity index is 572. The van der Waals surface area contributed by atoms with Crippen LogP contribution in [0.2, 0.25) is 0 Å². The van der Waals surface area contributed by atoms with Gasteiger partial charge in [0.25, 0.3) is 5.91 Å². The molecule has 0 radical (unpaired) electrons. The number of hydrogen-bond donors (Lipinski definition) is 1. The van der Waals surface area contributed by atoms with Crippen LogP contribution in [0.15, 0.2) is 42.6 Å². The highest BCUT2D eigenvalue weighted by Crippen LogP contribution is 2.18. The van der Waals surface area contributed by atoms with Crippen molar-refractivity contribution in [3.05, 3.63) is 54.0 Å². The zero-order valence-corrected chi connectivity index (χ0v) is 9.80. The van der Waals surface area contributed by atoms with E-state index in [4.69, 9.17) is 5.73 Å². The van der Waals surface area contributed by atoms with Gasteiger partial charge in [0.1, 0.15) is 11.6 Å². The summed E-state index contributed by atoms with van der Waals surface area (Å²) < 4.78 is 13.1. The highest BCUT2D eigenvalue weighted by molar-refractivity contribution is 6.08. The first kappa shape index (κ1) is 12.0. The highest BCUT2D eigenvalue weighted by Gasteiger charge is 2.17. The van der Waals surface area contributed by atoms with Crippen LogP contribution in [0, 0.1) is 5.82 Å². The van der Waals surface area contributed by atoms with Crippen LogP contribution in [0.5, 0.6) is 0 Å². The number of anilines is 2. The summed E-state index contributed by atoms with van der Waals surface area (Å²) in [4.78, 5) is 17.5. The van der Waals surface area contributed by atoms with Gasteiger partial charge in [-0.1, -0.05) is 6.07 Å². The minimum atomic E-state index is -0.498.